The molecule has 0 aromatic heterocycles. The standard InChI is InChI=1S/C19H27N3O7/c1-20-5-7-27-8-9-28-10-11-29-13-2-3-14-15(12-13)18(24)22(17(14)23)16-4-6-21(26)19(16)25/h2-3,12,16,19-20,25-26H,4-11H2,1H3. The zero-order chi connectivity index (χ0) is 20.8. The van der Waals surface area contributed by atoms with Crippen LogP contribution in [0.15, 0.2) is 18.2 Å². The predicted octanol–water partition coefficient (Wildman–Crippen LogP) is -0.304. The van der Waals surface area contributed by atoms with Crippen LogP contribution in [0.5, 0.6) is 5.75 Å². The summed E-state index contributed by atoms with van der Waals surface area (Å²) in [5.41, 5.74) is 0.496. The van der Waals surface area contributed by atoms with Crippen molar-refractivity contribution in [2.45, 2.75) is 18.7 Å². The van der Waals surface area contributed by atoms with E-state index < -0.39 is 24.1 Å². The third-order valence-electron chi connectivity index (χ3n) is 4.89. The monoisotopic (exact) mass is 409 g/mol. The van der Waals surface area contributed by atoms with Crippen molar-refractivity contribution in [3.8, 4) is 5.75 Å². The second-order valence-electron chi connectivity index (χ2n) is 6.80. The summed E-state index contributed by atoms with van der Waals surface area (Å²) in [6, 6.07) is 3.91. The fourth-order valence-corrected chi connectivity index (χ4v) is 3.35. The molecule has 10 heteroatoms. The molecule has 0 spiro atoms. The van der Waals surface area contributed by atoms with Crippen molar-refractivity contribution in [3.05, 3.63) is 29.3 Å². The number of nitrogens with zero attached hydrogens (tertiary/aromatic N) is 2. The van der Waals surface area contributed by atoms with Crippen LogP contribution in [0.1, 0.15) is 27.1 Å². The highest BCUT2D eigenvalue weighted by Crippen LogP contribution is 2.32. The summed E-state index contributed by atoms with van der Waals surface area (Å²) in [4.78, 5) is 26.3. The molecule has 3 N–H and O–H groups in total. The maximum atomic E-state index is 12.7. The largest absolute Gasteiger partial charge is 0.491 e. The van der Waals surface area contributed by atoms with Gasteiger partial charge >= 0.3 is 0 Å². The molecule has 0 bridgehead atoms. The quantitative estimate of drug-likeness (QED) is 0.334. The van der Waals surface area contributed by atoms with Crippen LogP contribution in [0.4, 0.5) is 0 Å². The Kier molecular flexibility index (Phi) is 7.53. The van der Waals surface area contributed by atoms with Crippen molar-refractivity contribution < 1.29 is 34.1 Å². The van der Waals surface area contributed by atoms with E-state index in [9.17, 15) is 19.9 Å². The molecule has 0 radical (unpaired) electrons. The van der Waals surface area contributed by atoms with Crippen LogP contribution < -0.4 is 10.1 Å². The maximum Gasteiger partial charge on any atom is 0.262 e. The Morgan fingerprint density at radius 2 is 1.76 bits per heavy atom. The van der Waals surface area contributed by atoms with Gasteiger partial charge in [-0.15, -0.1) is 0 Å². The van der Waals surface area contributed by atoms with Crippen LogP contribution in [0.3, 0.4) is 0 Å². The zero-order valence-electron chi connectivity index (χ0n) is 16.4. The number of fused-ring (bicyclic) bond motifs is 1. The molecule has 2 atom stereocenters. The smallest absolute Gasteiger partial charge is 0.262 e. The SMILES string of the molecule is CNCCOCCOCCOc1ccc2c(c1)C(=O)N(C1CCN(O)C1O)C2=O. The Labute approximate surface area is 168 Å². The number of nitrogens with one attached hydrogen (secondary N) is 1. The van der Waals surface area contributed by atoms with Crippen molar-refractivity contribution in [1.29, 1.82) is 0 Å². The Bertz CT molecular complexity index is 730. The molecule has 1 saturated heterocycles. The molecule has 2 unspecified atom stereocenters. The van der Waals surface area contributed by atoms with Crippen molar-refractivity contribution >= 4 is 11.8 Å². The van der Waals surface area contributed by atoms with E-state index in [2.05, 4.69) is 5.32 Å². The zero-order valence-corrected chi connectivity index (χ0v) is 16.4. The lowest BCUT2D eigenvalue weighted by Crippen LogP contribution is -2.47. The number of aliphatic hydroxyl groups is 1. The summed E-state index contributed by atoms with van der Waals surface area (Å²) in [5.74, 6) is -0.515. The number of likely N-dealkylation sites (N-methyl/N-ethyl adjacent to an activating group) is 1. The van der Waals surface area contributed by atoms with Gasteiger partial charge in [0.25, 0.3) is 11.8 Å². The van der Waals surface area contributed by atoms with Gasteiger partial charge in [0, 0.05) is 13.1 Å². The van der Waals surface area contributed by atoms with Crippen molar-refractivity contribution in [2.75, 3.05) is 53.2 Å². The third kappa shape index (κ3) is 4.92. The molecule has 0 aliphatic carbocycles. The van der Waals surface area contributed by atoms with E-state index in [0.717, 1.165) is 16.5 Å². The average molecular weight is 409 g/mol. The Balaban J connectivity index is 1.48. The first-order valence-electron chi connectivity index (χ1n) is 9.63. The average Bonchev–Trinajstić information content (AvgIpc) is 3.17. The number of rotatable bonds is 11. The van der Waals surface area contributed by atoms with Crippen LogP contribution in [0.25, 0.3) is 0 Å². The van der Waals surface area contributed by atoms with Gasteiger partial charge in [0.05, 0.1) is 43.6 Å². The van der Waals surface area contributed by atoms with Gasteiger partial charge in [-0.1, -0.05) is 0 Å². The maximum absolute atomic E-state index is 12.7. The summed E-state index contributed by atoms with van der Waals surface area (Å²) in [6.45, 7) is 3.24. The van der Waals surface area contributed by atoms with E-state index in [1.165, 1.54) is 6.07 Å². The van der Waals surface area contributed by atoms with Crippen LogP contribution in [0, 0.1) is 0 Å². The van der Waals surface area contributed by atoms with Gasteiger partial charge in [-0.25, -0.2) is 0 Å². The minimum atomic E-state index is -1.28. The Morgan fingerprint density at radius 1 is 1.07 bits per heavy atom. The number of imide groups is 1. The fourth-order valence-electron chi connectivity index (χ4n) is 3.35. The second-order valence-corrected chi connectivity index (χ2v) is 6.80. The predicted molar refractivity (Wildman–Crippen MR) is 101 cm³/mol. The molecule has 2 aliphatic heterocycles. The number of carbonyl (C=O) groups excluding carboxylic acids is 2. The molecule has 29 heavy (non-hydrogen) atoms. The van der Waals surface area contributed by atoms with Crippen LogP contribution >= 0.6 is 0 Å². The van der Waals surface area contributed by atoms with E-state index in [1.807, 2.05) is 7.05 Å². The normalized spacial score (nSPS) is 21.8. The Morgan fingerprint density at radius 3 is 2.45 bits per heavy atom. The molecule has 1 aromatic rings. The lowest BCUT2D eigenvalue weighted by molar-refractivity contribution is -0.179. The molecule has 0 saturated carbocycles. The molecular weight excluding hydrogens is 382 g/mol. The summed E-state index contributed by atoms with van der Waals surface area (Å²) in [5, 5.41) is 23.3. The van der Waals surface area contributed by atoms with Gasteiger partial charge in [0.15, 0.2) is 0 Å². The van der Waals surface area contributed by atoms with Gasteiger partial charge in [0.1, 0.15) is 18.6 Å². The van der Waals surface area contributed by atoms with Crippen molar-refractivity contribution in [3.63, 3.8) is 0 Å². The van der Waals surface area contributed by atoms with Gasteiger partial charge in [-0.05, 0) is 31.7 Å². The minimum absolute atomic E-state index is 0.189. The van der Waals surface area contributed by atoms with E-state index in [-0.39, 0.29) is 17.7 Å². The summed E-state index contributed by atoms with van der Waals surface area (Å²) in [6.07, 6.45) is -0.977. The molecule has 2 amide bonds. The van der Waals surface area contributed by atoms with Crippen LogP contribution in [-0.2, 0) is 9.47 Å². The van der Waals surface area contributed by atoms with Gasteiger partial charge in [0.2, 0.25) is 0 Å². The van der Waals surface area contributed by atoms with Crippen molar-refractivity contribution in [2.24, 2.45) is 0 Å². The van der Waals surface area contributed by atoms with E-state index >= 15 is 0 Å². The number of ether oxygens (including phenoxy) is 3. The number of amides is 2. The lowest BCUT2D eigenvalue weighted by atomic mass is 10.1. The molecule has 10 nitrogen and oxygen atoms in total. The fraction of sp³-hybridized carbons (Fsp3) is 0.579. The minimum Gasteiger partial charge on any atom is -0.491 e. The molecule has 2 aliphatic rings. The summed E-state index contributed by atoms with van der Waals surface area (Å²) >= 11 is 0. The molecular formula is C19H27N3O7. The van der Waals surface area contributed by atoms with Crippen molar-refractivity contribution in [1.82, 2.24) is 15.3 Å². The highest BCUT2D eigenvalue weighted by molar-refractivity contribution is 6.21. The highest BCUT2D eigenvalue weighted by Gasteiger charge is 2.46. The molecule has 2 heterocycles. The summed E-state index contributed by atoms with van der Waals surface area (Å²) < 4.78 is 16.4. The number of benzene rings is 1. The van der Waals surface area contributed by atoms with E-state index in [0.29, 0.717) is 45.2 Å². The first-order valence-corrected chi connectivity index (χ1v) is 9.63. The molecule has 1 aromatic carbocycles. The number of hydrogen-bond donors (Lipinski definition) is 3. The Hall–Kier alpha value is -2.08. The topological polar surface area (TPSA) is 121 Å². The number of aliphatic hydroxyl groups excluding tert-OH is 1. The first-order chi connectivity index (χ1) is 14.0. The second kappa shape index (κ2) is 10.1. The summed E-state index contributed by atoms with van der Waals surface area (Å²) in [7, 11) is 1.86. The van der Waals surface area contributed by atoms with Gasteiger partial charge < -0.3 is 29.8 Å². The van der Waals surface area contributed by atoms with E-state index in [1.54, 1.807) is 12.1 Å². The molecule has 1 fully saturated rings. The highest BCUT2D eigenvalue weighted by atomic mass is 16.5. The number of hydroxylamine groups is 2. The van der Waals surface area contributed by atoms with Gasteiger partial charge in [-0.3, -0.25) is 14.5 Å². The number of hydrogen-bond acceptors (Lipinski definition) is 9. The lowest BCUT2D eigenvalue weighted by Gasteiger charge is -2.25. The number of carbonyl (C=O) groups is 2. The molecule has 3 rings (SSSR count). The first kappa shape index (κ1) is 21.6. The van der Waals surface area contributed by atoms with Gasteiger partial charge in [-0.2, -0.15) is 5.06 Å². The molecule has 160 valence electrons. The van der Waals surface area contributed by atoms with Crippen LogP contribution in [-0.4, -0.2) is 97.5 Å². The third-order valence-corrected chi connectivity index (χ3v) is 4.89. The van der Waals surface area contributed by atoms with Crippen LogP contribution in [0.2, 0.25) is 0 Å². The van der Waals surface area contributed by atoms with E-state index in [4.69, 9.17) is 14.2 Å².